The van der Waals surface area contributed by atoms with Crippen LogP contribution in [-0.2, 0) is 17.8 Å². The zero-order valence-electron chi connectivity index (χ0n) is 25.2. The van der Waals surface area contributed by atoms with Crippen molar-refractivity contribution < 1.29 is 9.18 Å². The Hall–Kier alpha value is -4.84. The van der Waals surface area contributed by atoms with Crippen LogP contribution in [0, 0.1) is 18.7 Å². The summed E-state index contributed by atoms with van der Waals surface area (Å²) >= 11 is 5.26. The fourth-order valence-electron chi connectivity index (χ4n) is 4.99. The molecule has 3 aromatic carbocycles. The van der Waals surface area contributed by atoms with Gasteiger partial charge in [-0.2, -0.15) is 15.0 Å². The van der Waals surface area contributed by atoms with Gasteiger partial charge in [0.05, 0.1) is 6.42 Å². The highest BCUT2D eigenvalue weighted by molar-refractivity contribution is 7.80. The van der Waals surface area contributed by atoms with Gasteiger partial charge < -0.3 is 21.3 Å². The predicted molar refractivity (Wildman–Crippen MR) is 181 cm³/mol. The first kappa shape index (κ1) is 31.6. The van der Waals surface area contributed by atoms with E-state index in [1.165, 1.54) is 44.2 Å². The summed E-state index contributed by atoms with van der Waals surface area (Å²) in [4.78, 5) is 26.2. The second-order valence-corrected chi connectivity index (χ2v) is 11.6. The third-order valence-electron chi connectivity index (χ3n) is 7.47. The molecule has 10 nitrogen and oxygen atoms in total. The van der Waals surface area contributed by atoms with E-state index < -0.39 is 0 Å². The largest absolute Gasteiger partial charge is 0.354 e. The van der Waals surface area contributed by atoms with Crippen molar-refractivity contribution in [2.45, 2.75) is 52.0 Å². The molecule has 1 heterocycles. The molecule has 234 valence electrons. The van der Waals surface area contributed by atoms with Gasteiger partial charge in [0, 0.05) is 24.5 Å². The van der Waals surface area contributed by atoms with Crippen LogP contribution in [0.3, 0.4) is 0 Å². The maximum atomic E-state index is 13.3. The lowest BCUT2D eigenvalue weighted by molar-refractivity contribution is -0.121. The van der Waals surface area contributed by atoms with Gasteiger partial charge in [0.25, 0.3) is 0 Å². The van der Waals surface area contributed by atoms with Crippen molar-refractivity contribution in [3.05, 3.63) is 95.3 Å². The van der Waals surface area contributed by atoms with E-state index in [2.05, 4.69) is 47.1 Å². The van der Waals surface area contributed by atoms with Gasteiger partial charge in [-0.05, 0) is 85.4 Å². The highest BCUT2D eigenvalue weighted by atomic mass is 32.1. The molecule has 1 aromatic heterocycles. The molecule has 0 saturated heterocycles. The van der Waals surface area contributed by atoms with E-state index in [0.29, 0.717) is 35.4 Å². The van der Waals surface area contributed by atoms with Gasteiger partial charge in [-0.15, -0.1) is 0 Å². The smallest absolute Gasteiger partial charge is 0.242 e. The molecule has 1 amide bonds. The maximum Gasteiger partial charge on any atom is 0.242 e. The van der Waals surface area contributed by atoms with E-state index in [0.717, 1.165) is 34.6 Å². The Morgan fingerprint density at radius 1 is 0.778 bits per heavy atom. The van der Waals surface area contributed by atoms with Gasteiger partial charge in [-0.3, -0.25) is 15.6 Å². The summed E-state index contributed by atoms with van der Waals surface area (Å²) in [5.41, 5.74) is 9.82. The summed E-state index contributed by atoms with van der Waals surface area (Å²) < 4.78 is 13.3. The molecule has 4 aromatic rings. The molecule has 1 fully saturated rings. The molecule has 1 saturated carbocycles. The second-order valence-electron chi connectivity index (χ2n) is 11.2. The van der Waals surface area contributed by atoms with Crippen molar-refractivity contribution in [1.82, 2.24) is 25.8 Å². The Bertz CT molecular complexity index is 1560. The monoisotopic (exact) mass is 627 g/mol. The number of anilines is 5. The van der Waals surface area contributed by atoms with Crippen molar-refractivity contribution >= 4 is 52.5 Å². The number of rotatable bonds is 11. The first-order valence-corrected chi connectivity index (χ1v) is 15.6. The SMILES string of the molecule is Cc1ccc(NC(=S)NNC(=O)Cc2ccc(Nc3nc(NCc4ccc(F)cc4)nc(NCC4CCCCC4)n3)cc2)cc1. The molecular formula is C33H38FN9OS. The number of nitrogens with one attached hydrogen (secondary N) is 6. The summed E-state index contributed by atoms with van der Waals surface area (Å²) in [7, 11) is 0. The topological polar surface area (TPSA) is 128 Å². The molecule has 45 heavy (non-hydrogen) atoms. The predicted octanol–water partition coefficient (Wildman–Crippen LogP) is 6.23. The van der Waals surface area contributed by atoms with Crippen LogP contribution in [0.25, 0.3) is 0 Å². The molecule has 12 heteroatoms. The summed E-state index contributed by atoms with van der Waals surface area (Å²) in [5.74, 6) is 1.35. The van der Waals surface area contributed by atoms with E-state index in [1.54, 1.807) is 12.1 Å². The van der Waals surface area contributed by atoms with Gasteiger partial charge in [-0.25, -0.2) is 4.39 Å². The van der Waals surface area contributed by atoms with Crippen LogP contribution in [0.1, 0.15) is 48.8 Å². The van der Waals surface area contributed by atoms with Crippen molar-refractivity contribution in [3.63, 3.8) is 0 Å². The van der Waals surface area contributed by atoms with Crippen LogP contribution in [0.2, 0.25) is 0 Å². The Balaban J connectivity index is 1.16. The summed E-state index contributed by atoms with van der Waals surface area (Å²) in [6.45, 7) is 3.25. The second kappa shape index (κ2) is 15.8. The van der Waals surface area contributed by atoms with E-state index in [4.69, 9.17) is 12.2 Å². The standard InChI is InChI=1S/C33H38FN9OS/c1-22-7-15-28(16-8-22)38-33(45)43-42-29(44)19-23-11-17-27(18-12-23)37-32-40-30(35-20-24-5-3-2-4-6-24)39-31(41-32)36-21-25-9-13-26(34)14-10-25/h7-18,24H,2-6,19-21H2,1H3,(H,42,44)(H2,38,43,45)(H3,35,36,37,39,40,41). The Morgan fingerprint density at radius 3 is 2.11 bits per heavy atom. The van der Waals surface area contributed by atoms with Crippen molar-refractivity contribution in [3.8, 4) is 0 Å². The number of halogens is 1. The molecule has 0 atom stereocenters. The highest BCUT2D eigenvalue weighted by Crippen LogP contribution is 2.24. The number of amides is 1. The normalized spacial score (nSPS) is 13.0. The molecule has 0 unspecified atom stereocenters. The van der Waals surface area contributed by atoms with Gasteiger partial charge in [0.2, 0.25) is 23.8 Å². The van der Waals surface area contributed by atoms with Crippen LogP contribution in [0.4, 0.5) is 33.6 Å². The summed E-state index contributed by atoms with van der Waals surface area (Å²) in [6, 6.07) is 21.5. The first-order chi connectivity index (χ1) is 21.9. The minimum absolute atomic E-state index is 0.166. The fourth-order valence-corrected chi connectivity index (χ4v) is 5.16. The van der Waals surface area contributed by atoms with Gasteiger partial charge in [0.1, 0.15) is 5.82 Å². The van der Waals surface area contributed by atoms with E-state index in [9.17, 15) is 9.18 Å². The molecule has 5 rings (SSSR count). The number of benzene rings is 3. The number of hydrogen-bond acceptors (Lipinski definition) is 8. The van der Waals surface area contributed by atoms with Crippen LogP contribution in [0.15, 0.2) is 72.8 Å². The van der Waals surface area contributed by atoms with Crippen LogP contribution >= 0.6 is 12.2 Å². The van der Waals surface area contributed by atoms with Gasteiger partial charge >= 0.3 is 0 Å². The summed E-state index contributed by atoms with van der Waals surface area (Å²) in [6.07, 6.45) is 6.39. The summed E-state index contributed by atoms with van der Waals surface area (Å²) in [5, 5.41) is 13.2. The van der Waals surface area contributed by atoms with Gasteiger partial charge in [0.15, 0.2) is 5.11 Å². The van der Waals surface area contributed by atoms with Crippen molar-refractivity contribution in [2.75, 3.05) is 27.8 Å². The Labute approximate surface area is 268 Å². The van der Waals surface area contributed by atoms with Crippen LogP contribution in [-0.4, -0.2) is 32.5 Å². The van der Waals surface area contributed by atoms with Crippen LogP contribution in [0.5, 0.6) is 0 Å². The van der Waals surface area contributed by atoms with Gasteiger partial charge in [-0.1, -0.05) is 61.2 Å². The molecule has 0 aliphatic heterocycles. The number of hydrogen-bond donors (Lipinski definition) is 6. The maximum absolute atomic E-state index is 13.3. The minimum Gasteiger partial charge on any atom is -0.354 e. The van der Waals surface area contributed by atoms with E-state index in [-0.39, 0.29) is 18.1 Å². The number of aromatic nitrogens is 3. The quantitative estimate of drug-likeness (QED) is 0.0842. The van der Waals surface area contributed by atoms with Crippen molar-refractivity contribution in [2.24, 2.45) is 5.92 Å². The highest BCUT2D eigenvalue weighted by Gasteiger charge is 2.15. The average Bonchev–Trinajstić information content (AvgIpc) is 3.05. The number of hydrazine groups is 1. The third kappa shape index (κ3) is 10.4. The number of nitrogens with zero attached hydrogens (tertiary/aromatic N) is 3. The molecule has 0 bridgehead atoms. The Morgan fingerprint density at radius 2 is 1.40 bits per heavy atom. The molecule has 1 aliphatic rings. The van der Waals surface area contributed by atoms with E-state index in [1.807, 2.05) is 55.5 Å². The number of thiocarbonyl (C=S) groups is 1. The lowest BCUT2D eigenvalue weighted by Gasteiger charge is -2.21. The molecule has 1 aliphatic carbocycles. The van der Waals surface area contributed by atoms with Crippen LogP contribution < -0.4 is 32.1 Å². The minimum atomic E-state index is -0.279. The number of aryl methyl sites for hydroxylation is 1. The first-order valence-electron chi connectivity index (χ1n) is 15.1. The lowest BCUT2D eigenvalue weighted by Crippen LogP contribution is -2.44. The fraction of sp³-hybridized carbons (Fsp3) is 0.303. The Kier molecular flexibility index (Phi) is 11.1. The van der Waals surface area contributed by atoms with E-state index >= 15 is 0 Å². The molecule has 0 spiro atoms. The number of carbonyl (C=O) groups is 1. The third-order valence-corrected chi connectivity index (χ3v) is 7.68. The van der Waals surface area contributed by atoms with Crippen molar-refractivity contribution in [1.29, 1.82) is 0 Å². The average molecular weight is 628 g/mol. The molecular weight excluding hydrogens is 589 g/mol. The molecule has 0 radical (unpaired) electrons. The number of carbonyl (C=O) groups excluding carboxylic acids is 1. The zero-order chi connectivity index (χ0) is 31.4. The lowest BCUT2D eigenvalue weighted by atomic mass is 9.89. The molecule has 6 N–H and O–H groups in total. The zero-order valence-corrected chi connectivity index (χ0v) is 26.0.